The number of hydrogen-bond donors (Lipinski definition) is 2. The third-order valence-corrected chi connectivity index (χ3v) is 4.27. The van der Waals surface area contributed by atoms with E-state index < -0.39 is 0 Å². The quantitative estimate of drug-likeness (QED) is 0.662. The van der Waals surface area contributed by atoms with Crippen LogP contribution in [0.3, 0.4) is 0 Å². The van der Waals surface area contributed by atoms with Crippen LogP contribution >= 0.6 is 11.8 Å². The van der Waals surface area contributed by atoms with Crippen molar-refractivity contribution in [1.82, 2.24) is 0 Å². The molecule has 1 amide bonds. The van der Waals surface area contributed by atoms with Gasteiger partial charge < -0.3 is 11.1 Å². The standard InChI is InChI=1S/C17H20N2OS/c1-11-7-8-16(12(2)9-11)19-17(20)13(3)21-15-6-4-5-14(18)10-15/h4-10,13H,18H2,1-3H3,(H,19,20). The molecule has 3 N–H and O–H groups in total. The van der Waals surface area contributed by atoms with Crippen LogP contribution in [0.4, 0.5) is 11.4 Å². The predicted octanol–water partition coefficient (Wildman–Crippen LogP) is 4.00. The molecule has 0 aliphatic heterocycles. The number of amides is 1. The van der Waals surface area contributed by atoms with Gasteiger partial charge in [-0.25, -0.2) is 0 Å². The van der Waals surface area contributed by atoms with Crippen LogP contribution in [0.2, 0.25) is 0 Å². The first-order valence-corrected chi connectivity index (χ1v) is 7.74. The second kappa shape index (κ2) is 6.68. The van der Waals surface area contributed by atoms with Gasteiger partial charge in [0.05, 0.1) is 5.25 Å². The van der Waals surface area contributed by atoms with Gasteiger partial charge in [-0.3, -0.25) is 4.79 Å². The van der Waals surface area contributed by atoms with Gasteiger partial charge in [-0.1, -0.05) is 23.8 Å². The van der Waals surface area contributed by atoms with Gasteiger partial charge in [0.25, 0.3) is 0 Å². The van der Waals surface area contributed by atoms with Gasteiger partial charge in [0.15, 0.2) is 0 Å². The van der Waals surface area contributed by atoms with Crippen molar-refractivity contribution in [3.8, 4) is 0 Å². The Morgan fingerprint density at radius 3 is 2.62 bits per heavy atom. The summed E-state index contributed by atoms with van der Waals surface area (Å²) in [6.45, 7) is 5.93. The van der Waals surface area contributed by atoms with E-state index in [1.165, 1.54) is 17.3 Å². The lowest BCUT2D eigenvalue weighted by Gasteiger charge is -2.14. The Labute approximate surface area is 129 Å². The highest BCUT2D eigenvalue weighted by Gasteiger charge is 2.15. The van der Waals surface area contributed by atoms with Crippen molar-refractivity contribution in [3.05, 3.63) is 53.6 Å². The summed E-state index contributed by atoms with van der Waals surface area (Å²) in [5.74, 6) is -0.00521. The van der Waals surface area contributed by atoms with Gasteiger partial charge in [0.2, 0.25) is 5.91 Å². The molecule has 0 saturated carbocycles. The molecule has 21 heavy (non-hydrogen) atoms. The van der Waals surface area contributed by atoms with Crippen LogP contribution in [0, 0.1) is 13.8 Å². The Bertz CT molecular complexity index is 655. The average molecular weight is 300 g/mol. The van der Waals surface area contributed by atoms with Crippen molar-refractivity contribution in [2.24, 2.45) is 0 Å². The lowest BCUT2D eigenvalue weighted by molar-refractivity contribution is -0.115. The van der Waals surface area contributed by atoms with Crippen molar-refractivity contribution in [2.45, 2.75) is 30.9 Å². The summed E-state index contributed by atoms with van der Waals surface area (Å²) in [6.07, 6.45) is 0. The van der Waals surface area contributed by atoms with Crippen LogP contribution in [0.5, 0.6) is 0 Å². The van der Waals surface area contributed by atoms with Crippen LogP contribution < -0.4 is 11.1 Å². The van der Waals surface area contributed by atoms with E-state index in [2.05, 4.69) is 11.4 Å². The third kappa shape index (κ3) is 4.26. The van der Waals surface area contributed by atoms with Gasteiger partial charge in [-0.2, -0.15) is 0 Å². The summed E-state index contributed by atoms with van der Waals surface area (Å²) in [5, 5.41) is 2.79. The average Bonchev–Trinajstić information content (AvgIpc) is 2.41. The van der Waals surface area contributed by atoms with Crippen LogP contribution in [0.25, 0.3) is 0 Å². The highest BCUT2D eigenvalue weighted by molar-refractivity contribution is 8.00. The number of benzene rings is 2. The van der Waals surface area contributed by atoms with Gasteiger partial charge in [-0.05, 0) is 50.6 Å². The van der Waals surface area contributed by atoms with E-state index in [4.69, 9.17) is 5.73 Å². The maximum absolute atomic E-state index is 12.3. The summed E-state index contributed by atoms with van der Waals surface area (Å²) in [4.78, 5) is 13.3. The maximum Gasteiger partial charge on any atom is 0.237 e. The number of carbonyl (C=O) groups excluding carboxylic acids is 1. The molecule has 0 aliphatic carbocycles. The maximum atomic E-state index is 12.3. The topological polar surface area (TPSA) is 55.1 Å². The number of nitrogens with one attached hydrogen (secondary N) is 1. The number of thioether (sulfide) groups is 1. The minimum Gasteiger partial charge on any atom is -0.399 e. The lowest BCUT2D eigenvalue weighted by atomic mass is 10.1. The second-order valence-electron chi connectivity index (χ2n) is 5.14. The number of aryl methyl sites for hydroxylation is 2. The highest BCUT2D eigenvalue weighted by Crippen LogP contribution is 2.26. The van der Waals surface area contributed by atoms with Gasteiger partial charge in [0.1, 0.15) is 0 Å². The molecule has 0 aromatic heterocycles. The zero-order chi connectivity index (χ0) is 15.4. The SMILES string of the molecule is Cc1ccc(NC(=O)C(C)Sc2cccc(N)c2)c(C)c1. The zero-order valence-electron chi connectivity index (χ0n) is 12.5. The van der Waals surface area contributed by atoms with Gasteiger partial charge >= 0.3 is 0 Å². The first-order chi connectivity index (χ1) is 9.95. The van der Waals surface area contributed by atoms with Crippen LogP contribution in [-0.4, -0.2) is 11.2 Å². The van der Waals surface area contributed by atoms with Crippen molar-refractivity contribution < 1.29 is 4.79 Å². The summed E-state index contributed by atoms with van der Waals surface area (Å²) < 4.78 is 0. The second-order valence-corrected chi connectivity index (χ2v) is 6.55. The Hall–Kier alpha value is -1.94. The number of hydrogen-bond acceptors (Lipinski definition) is 3. The normalized spacial score (nSPS) is 12.0. The van der Waals surface area contributed by atoms with E-state index in [0.29, 0.717) is 5.69 Å². The van der Waals surface area contributed by atoms with Crippen LogP contribution in [0.1, 0.15) is 18.1 Å². The van der Waals surface area contributed by atoms with E-state index in [1.54, 1.807) is 0 Å². The molecule has 0 bridgehead atoms. The summed E-state index contributed by atoms with van der Waals surface area (Å²) >= 11 is 1.50. The number of carbonyl (C=O) groups is 1. The number of rotatable bonds is 4. The third-order valence-electron chi connectivity index (χ3n) is 3.18. The molecular weight excluding hydrogens is 280 g/mol. The Morgan fingerprint density at radius 1 is 1.19 bits per heavy atom. The molecule has 0 fully saturated rings. The molecule has 4 heteroatoms. The van der Waals surface area contributed by atoms with Crippen molar-refractivity contribution in [1.29, 1.82) is 0 Å². The Kier molecular flexibility index (Phi) is 4.91. The monoisotopic (exact) mass is 300 g/mol. The molecule has 0 aliphatic rings. The molecule has 0 saturated heterocycles. The number of anilines is 2. The first kappa shape index (κ1) is 15.4. The van der Waals surface area contributed by atoms with Crippen molar-refractivity contribution >= 4 is 29.0 Å². The smallest absolute Gasteiger partial charge is 0.237 e. The fraction of sp³-hybridized carbons (Fsp3) is 0.235. The Morgan fingerprint density at radius 2 is 1.95 bits per heavy atom. The van der Waals surface area contributed by atoms with E-state index in [0.717, 1.165) is 16.1 Å². The van der Waals surface area contributed by atoms with Gasteiger partial charge in [0, 0.05) is 16.3 Å². The summed E-state index contributed by atoms with van der Waals surface area (Å²) in [5.41, 5.74) is 9.59. The van der Waals surface area contributed by atoms with Crippen LogP contribution in [0.15, 0.2) is 47.4 Å². The molecule has 3 nitrogen and oxygen atoms in total. The van der Waals surface area contributed by atoms with E-state index in [9.17, 15) is 4.79 Å². The largest absolute Gasteiger partial charge is 0.399 e. The van der Waals surface area contributed by atoms with E-state index >= 15 is 0 Å². The fourth-order valence-corrected chi connectivity index (χ4v) is 2.97. The zero-order valence-corrected chi connectivity index (χ0v) is 13.3. The highest BCUT2D eigenvalue weighted by atomic mass is 32.2. The first-order valence-electron chi connectivity index (χ1n) is 6.86. The molecule has 1 atom stereocenters. The van der Waals surface area contributed by atoms with Crippen molar-refractivity contribution in [3.63, 3.8) is 0 Å². The molecule has 110 valence electrons. The van der Waals surface area contributed by atoms with Crippen LogP contribution in [-0.2, 0) is 4.79 Å². The Balaban J connectivity index is 2.02. The minimum atomic E-state index is -0.187. The molecule has 2 aromatic carbocycles. The lowest BCUT2D eigenvalue weighted by Crippen LogP contribution is -2.22. The molecule has 0 heterocycles. The minimum absolute atomic E-state index is 0.00521. The predicted molar refractivity (Wildman–Crippen MR) is 90.7 cm³/mol. The molecule has 0 radical (unpaired) electrons. The van der Waals surface area contributed by atoms with Gasteiger partial charge in [-0.15, -0.1) is 11.8 Å². The number of nitrogens with two attached hydrogens (primary N) is 1. The summed E-state index contributed by atoms with van der Waals surface area (Å²) in [7, 11) is 0. The summed E-state index contributed by atoms with van der Waals surface area (Å²) in [6, 6.07) is 13.6. The molecule has 2 aromatic rings. The molecule has 1 unspecified atom stereocenters. The molecule has 2 rings (SSSR count). The number of nitrogen functional groups attached to an aromatic ring is 1. The van der Waals surface area contributed by atoms with Crippen molar-refractivity contribution in [2.75, 3.05) is 11.1 Å². The fourth-order valence-electron chi connectivity index (χ4n) is 2.03. The van der Waals surface area contributed by atoms with E-state index in [-0.39, 0.29) is 11.2 Å². The van der Waals surface area contributed by atoms with E-state index in [1.807, 2.05) is 57.2 Å². The molecule has 0 spiro atoms. The molecular formula is C17H20N2OS.